The molecule has 6 nitrogen and oxygen atoms in total. The van der Waals surface area contributed by atoms with Crippen molar-refractivity contribution in [1.82, 2.24) is 4.31 Å². The van der Waals surface area contributed by atoms with Crippen molar-refractivity contribution in [3.05, 3.63) is 35.4 Å². The molecule has 0 aliphatic rings. The van der Waals surface area contributed by atoms with Crippen LogP contribution in [0.5, 0.6) is 0 Å². The van der Waals surface area contributed by atoms with Gasteiger partial charge in [0, 0.05) is 19.7 Å². The number of aliphatic hydroxyl groups is 1. The third-order valence-electron chi connectivity index (χ3n) is 2.83. The number of hydrogen-bond acceptors (Lipinski definition) is 4. The summed E-state index contributed by atoms with van der Waals surface area (Å²) in [6, 6.07) is 5.89. The number of rotatable bonds is 8. The van der Waals surface area contributed by atoms with Crippen molar-refractivity contribution < 1.29 is 23.4 Å². The molecule has 1 aromatic rings. The predicted octanol–water partition coefficient (Wildman–Crippen LogP) is 0.919. The van der Waals surface area contributed by atoms with Crippen molar-refractivity contribution in [2.75, 3.05) is 19.7 Å². The maximum absolute atomic E-state index is 12.2. The van der Waals surface area contributed by atoms with Gasteiger partial charge in [-0.05, 0) is 24.1 Å². The van der Waals surface area contributed by atoms with Crippen LogP contribution in [0, 0.1) is 0 Å². The quantitative estimate of drug-likeness (QED) is 0.744. The number of carboxylic acids is 1. The summed E-state index contributed by atoms with van der Waals surface area (Å²) < 4.78 is 25.7. The molecule has 1 rings (SSSR count). The van der Waals surface area contributed by atoms with Crippen molar-refractivity contribution >= 4 is 16.0 Å². The molecule has 0 amide bonds. The Balaban J connectivity index is 2.89. The van der Waals surface area contributed by atoms with Crippen LogP contribution in [0.15, 0.2) is 24.3 Å². The van der Waals surface area contributed by atoms with Crippen LogP contribution >= 0.6 is 0 Å². The normalized spacial score (nSPS) is 11.8. The predicted molar refractivity (Wildman–Crippen MR) is 75.0 cm³/mol. The molecular formula is C13H19NO5S. The average Bonchev–Trinajstić information content (AvgIpc) is 2.39. The topological polar surface area (TPSA) is 94.9 Å². The van der Waals surface area contributed by atoms with Gasteiger partial charge in [0.1, 0.15) is 0 Å². The molecule has 0 aromatic heterocycles. The summed E-state index contributed by atoms with van der Waals surface area (Å²) in [5, 5.41) is 17.7. The highest BCUT2D eigenvalue weighted by molar-refractivity contribution is 7.88. The second-order valence-corrected chi connectivity index (χ2v) is 6.30. The largest absolute Gasteiger partial charge is 0.478 e. The zero-order valence-corrected chi connectivity index (χ0v) is 12.1. The van der Waals surface area contributed by atoms with Gasteiger partial charge in [-0.1, -0.05) is 19.1 Å². The third kappa shape index (κ3) is 4.59. The molecule has 0 aliphatic heterocycles. The minimum atomic E-state index is -3.51. The van der Waals surface area contributed by atoms with E-state index in [-0.39, 0.29) is 24.5 Å². The zero-order chi connectivity index (χ0) is 15.2. The van der Waals surface area contributed by atoms with Gasteiger partial charge in [0.25, 0.3) is 0 Å². The maximum Gasteiger partial charge on any atom is 0.335 e. The van der Waals surface area contributed by atoms with Crippen molar-refractivity contribution in [3.8, 4) is 0 Å². The number of nitrogens with zero attached hydrogens (tertiary/aromatic N) is 1. The van der Waals surface area contributed by atoms with Gasteiger partial charge in [-0.25, -0.2) is 17.5 Å². The van der Waals surface area contributed by atoms with Crippen LogP contribution in [0.25, 0.3) is 0 Å². The van der Waals surface area contributed by atoms with E-state index in [9.17, 15) is 13.2 Å². The van der Waals surface area contributed by atoms with Crippen LogP contribution in [0.4, 0.5) is 0 Å². The van der Waals surface area contributed by atoms with E-state index in [2.05, 4.69) is 0 Å². The van der Waals surface area contributed by atoms with E-state index >= 15 is 0 Å². The summed E-state index contributed by atoms with van der Waals surface area (Å²) in [7, 11) is -3.51. The van der Waals surface area contributed by atoms with E-state index < -0.39 is 16.0 Å². The monoisotopic (exact) mass is 301 g/mol. The van der Waals surface area contributed by atoms with E-state index in [0.29, 0.717) is 18.5 Å². The number of carbonyl (C=O) groups is 1. The Morgan fingerprint density at radius 3 is 2.60 bits per heavy atom. The minimum Gasteiger partial charge on any atom is -0.478 e. The fourth-order valence-corrected chi connectivity index (χ4v) is 3.42. The van der Waals surface area contributed by atoms with Gasteiger partial charge < -0.3 is 10.2 Å². The molecule has 0 saturated heterocycles. The molecule has 0 heterocycles. The Kier molecular flexibility index (Phi) is 6.12. The lowest BCUT2D eigenvalue weighted by Crippen LogP contribution is -2.33. The molecule has 0 aliphatic carbocycles. The molecular weight excluding hydrogens is 282 g/mol. The van der Waals surface area contributed by atoms with Gasteiger partial charge in [0.2, 0.25) is 10.0 Å². The number of aliphatic hydroxyl groups excluding tert-OH is 1. The SMILES string of the molecule is CCN(CCCO)S(=O)(=O)Cc1cccc(C(=O)O)c1. The van der Waals surface area contributed by atoms with Gasteiger partial charge in [-0.3, -0.25) is 0 Å². The van der Waals surface area contributed by atoms with Crippen molar-refractivity contribution in [2.24, 2.45) is 0 Å². The Morgan fingerprint density at radius 2 is 2.05 bits per heavy atom. The fraction of sp³-hybridized carbons (Fsp3) is 0.462. The lowest BCUT2D eigenvalue weighted by atomic mass is 10.1. The van der Waals surface area contributed by atoms with Crippen LogP contribution < -0.4 is 0 Å². The minimum absolute atomic E-state index is 0.0658. The number of carboxylic acid groups (broad SMARTS) is 1. The molecule has 0 bridgehead atoms. The van der Waals surface area contributed by atoms with Gasteiger partial charge in [-0.15, -0.1) is 0 Å². The average molecular weight is 301 g/mol. The van der Waals surface area contributed by atoms with Crippen LogP contribution in [-0.2, 0) is 15.8 Å². The first-order valence-electron chi connectivity index (χ1n) is 6.31. The van der Waals surface area contributed by atoms with Gasteiger partial charge in [-0.2, -0.15) is 0 Å². The first kappa shape index (κ1) is 16.6. The Bertz CT molecular complexity index is 556. The Labute approximate surface area is 118 Å². The Morgan fingerprint density at radius 1 is 1.35 bits per heavy atom. The van der Waals surface area contributed by atoms with Crippen molar-refractivity contribution in [1.29, 1.82) is 0 Å². The number of aromatic carboxylic acids is 1. The summed E-state index contributed by atoms with van der Waals surface area (Å²) in [6.45, 7) is 2.23. The fourth-order valence-electron chi connectivity index (χ4n) is 1.84. The molecule has 0 fully saturated rings. The molecule has 2 N–H and O–H groups in total. The van der Waals surface area contributed by atoms with E-state index in [1.165, 1.54) is 22.5 Å². The zero-order valence-electron chi connectivity index (χ0n) is 11.3. The number of benzene rings is 1. The van der Waals surface area contributed by atoms with Gasteiger partial charge in [0.05, 0.1) is 11.3 Å². The van der Waals surface area contributed by atoms with E-state index in [1.54, 1.807) is 13.0 Å². The van der Waals surface area contributed by atoms with Gasteiger partial charge in [0.15, 0.2) is 0 Å². The second-order valence-electron chi connectivity index (χ2n) is 4.33. The van der Waals surface area contributed by atoms with Crippen LogP contribution in [0.1, 0.15) is 29.3 Å². The summed E-state index contributed by atoms with van der Waals surface area (Å²) in [4.78, 5) is 10.9. The van der Waals surface area contributed by atoms with Crippen LogP contribution in [0.2, 0.25) is 0 Å². The number of hydrogen-bond donors (Lipinski definition) is 2. The molecule has 0 unspecified atom stereocenters. The van der Waals surface area contributed by atoms with Crippen LogP contribution in [0.3, 0.4) is 0 Å². The molecule has 0 atom stereocenters. The third-order valence-corrected chi connectivity index (χ3v) is 4.76. The van der Waals surface area contributed by atoms with E-state index in [4.69, 9.17) is 10.2 Å². The summed E-state index contributed by atoms with van der Waals surface area (Å²) in [6.07, 6.45) is 0.377. The molecule has 112 valence electrons. The van der Waals surface area contributed by atoms with E-state index in [1.807, 2.05) is 0 Å². The smallest absolute Gasteiger partial charge is 0.335 e. The van der Waals surface area contributed by atoms with Crippen LogP contribution in [-0.4, -0.2) is 48.6 Å². The lowest BCUT2D eigenvalue weighted by molar-refractivity contribution is 0.0696. The molecule has 0 saturated carbocycles. The molecule has 1 aromatic carbocycles. The van der Waals surface area contributed by atoms with Gasteiger partial charge >= 0.3 is 5.97 Å². The maximum atomic E-state index is 12.2. The first-order chi connectivity index (χ1) is 9.40. The highest BCUT2D eigenvalue weighted by Crippen LogP contribution is 2.13. The van der Waals surface area contributed by atoms with Crippen molar-refractivity contribution in [2.45, 2.75) is 19.1 Å². The second kappa shape index (κ2) is 7.37. The molecule has 20 heavy (non-hydrogen) atoms. The molecule has 0 spiro atoms. The summed E-state index contributed by atoms with van der Waals surface area (Å²) in [5.41, 5.74) is 0.503. The standard InChI is InChI=1S/C13H19NO5S/c1-2-14(7-4-8-15)20(18,19)10-11-5-3-6-12(9-11)13(16)17/h3,5-6,9,15H,2,4,7-8,10H2,1H3,(H,16,17). The lowest BCUT2D eigenvalue weighted by Gasteiger charge is -2.20. The first-order valence-corrected chi connectivity index (χ1v) is 7.92. The number of sulfonamides is 1. The summed E-state index contributed by atoms with van der Waals surface area (Å²) >= 11 is 0. The summed E-state index contributed by atoms with van der Waals surface area (Å²) in [5.74, 6) is -1.33. The van der Waals surface area contributed by atoms with E-state index in [0.717, 1.165) is 0 Å². The molecule has 7 heteroatoms. The highest BCUT2D eigenvalue weighted by Gasteiger charge is 2.20. The highest BCUT2D eigenvalue weighted by atomic mass is 32.2. The van der Waals surface area contributed by atoms with Crippen molar-refractivity contribution in [3.63, 3.8) is 0 Å². The molecule has 0 radical (unpaired) electrons. The Hall–Kier alpha value is -1.44.